The van der Waals surface area contributed by atoms with E-state index >= 15 is 0 Å². The molecule has 0 saturated heterocycles. The summed E-state index contributed by atoms with van der Waals surface area (Å²) in [6.07, 6.45) is 1.14. The van der Waals surface area contributed by atoms with Gasteiger partial charge in [-0.3, -0.25) is 4.79 Å². The molecule has 3 aromatic rings. The number of benzene rings is 2. The fourth-order valence-corrected chi connectivity index (χ4v) is 4.93. The monoisotopic (exact) mass is 450 g/mol. The summed E-state index contributed by atoms with van der Waals surface area (Å²) in [6.45, 7) is 1.90. The summed E-state index contributed by atoms with van der Waals surface area (Å²) in [5.74, 6) is 1.74. The number of aromatic nitrogens is 1. The average molecular weight is 451 g/mol. The number of nitrogens with zero attached hydrogens (tertiary/aromatic N) is 1. The van der Waals surface area contributed by atoms with E-state index in [0.29, 0.717) is 35.2 Å². The Morgan fingerprint density at radius 3 is 2.47 bits per heavy atom. The van der Waals surface area contributed by atoms with Crippen molar-refractivity contribution in [2.75, 3.05) is 19.5 Å². The second kappa shape index (κ2) is 8.02. The fraction of sp³-hybridized carbons (Fsp3) is 0.280. The predicted molar refractivity (Wildman–Crippen MR) is 122 cm³/mol. The van der Waals surface area contributed by atoms with Crippen LogP contribution in [0.3, 0.4) is 0 Å². The lowest BCUT2D eigenvalue weighted by atomic mass is 9.72. The summed E-state index contributed by atoms with van der Waals surface area (Å²) in [5, 5.41) is 8.22. The van der Waals surface area contributed by atoms with Crippen molar-refractivity contribution in [3.8, 4) is 11.5 Å². The van der Waals surface area contributed by atoms with E-state index < -0.39 is 0 Å². The first kappa shape index (κ1) is 20.6. The van der Waals surface area contributed by atoms with Gasteiger partial charge in [0.25, 0.3) is 0 Å². The number of ketones is 1. The number of methoxy groups -OCH3 is 2. The van der Waals surface area contributed by atoms with Crippen molar-refractivity contribution in [2.45, 2.75) is 31.6 Å². The van der Waals surface area contributed by atoms with Crippen LogP contribution in [0.25, 0.3) is 0 Å². The number of carbonyl (C=O) groups excluding carboxylic acids is 1. The molecule has 7 heteroatoms. The molecule has 2 aromatic carbocycles. The van der Waals surface area contributed by atoms with Gasteiger partial charge in [-0.05, 0) is 54.7 Å². The van der Waals surface area contributed by atoms with E-state index in [9.17, 15) is 4.79 Å². The highest BCUT2D eigenvalue weighted by Gasteiger charge is 2.41. The molecule has 1 aliphatic carbocycles. The first-order valence-electron chi connectivity index (χ1n) is 10.5. The van der Waals surface area contributed by atoms with Crippen molar-refractivity contribution >= 4 is 23.3 Å². The van der Waals surface area contributed by atoms with Crippen LogP contribution in [-0.4, -0.2) is 25.2 Å². The smallest absolute Gasteiger partial charge is 0.233 e. The number of fused-ring (bicyclic) bond motifs is 1. The summed E-state index contributed by atoms with van der Waals surface area (Å²) < 4.78 is 16.5. The van der Waals surface area contributed by atoms with E-state index in [0.717, 1.165) is 33.7 Å². The number of allylic oxidation sites excluding steroid dienone is 2. The van der Waals surface area contributed by atoms with Crippen molar-refractivity contribution in [3.05, 3.63) is 81.1 Å². The molecule has 5 rings (SSSR count). The van der Waals surface area contributed by atoms with E-state index in [-0.39, 0.29) is 17.6 Å². The minimum atomic E-state index is -0.286. The highest BCUT2D eigenvalue weighted by Crippen LogP contribution is 2.50. The van der Waals surface area contributed by atoms with Gasteiger partial charge < -0.3 is 19.3 Å². The molecule has 164 valence electrons. The van der Waals surface area contributed by atoms with Gasteiger partial charge in [-0.25, -0.2) is 0 Å². The zero-order valence-corrected chi connectivity index (χ0v) is 18.8. The molecule has 2 heterocycles. The molecule has 0 amide bonds. The van der Waals surface area contributed by atoms with Gasteiger partial charge in [0.15, 0.2) is 17.3 Å². The Bertz CT molecular complexity index is 1230. The van der Waals surface area contributed by atoms with Crippen molar-refractivity contribution in [1.29, 1.82) is 0 Å². The first-order valence-corrected chi connectivity index (χ1v) is 10.8. The van der Waals surface area contributed by atoms with Gasteiger partial charge >= 0.3 is 0 Å². The third-order valence-electron chi connectivity index (χ3n) is 6.34. The lowest BCUT2D eigenvalue weighted by molar-refractivity contribution is -0.116. The number of ether oxygens (including phenoxy) is 2. The van der Waals surface area contributed by atoms with Crippen LogP contribution in [0.15, 0.2) is 58.3 Å². The van der Waals surface area contributed by atoms with Crippen LogP contribution in [0.5, 0.6) is 11.5 Å². The standard InChI is InChI=1S/C25H23ClN2O4/c1-13-22-23(15-6-9-20(30-2)21(12-15)31-3)24-18(27-25(22)32-28-13)10-16(11-19(24)29)14-4-7-17(26)8-5-14/h4-9,12,16,23,27H,10-11H2,1-3H3/t16-,23-/m1/s1. The Hall–Kier alpha value is -3.25. The molecule has 0 fully saturated rings. The van der Waals surface area contributed by atoms with Crippen LogP contribution in [0.2, 0.25) is 5.02 Å². The van der Waals surface area contributed by atoms with Crippen LogP contribution in [-0.2, 0) is 4.79 Å². The Morgan fingerprint density at radius 2 is 1.75 bits per heavy atom. The van der Waals surface area contributed by atoms with E-state index in [1.165, 1.54) is 0 Å². The fourth-order valence-electron chi connectivity index (χ4n) is 4.81. The normalized spacial score (nSPS) is 19.8. The third kappa shape index (κ3) is 3.35. The molecule has 0 unspecified atom stereocenters. The van der Waals surface area contributed by atoms with Crippen LogP contribution in [0.1, 0.15) is 47.1 Å². The molecule has 0 bridgehead atoms. The molecule has 1 aliphatic heterocycles. The molecule has 1 N–H and O–H groups in total. The lowest BCUT2D eigenvalue weighted by Crippen LogP contribution is -2.29. The van der Waals surface area contributed by atoms with E-state index in [4.69, 9.17) is 25.6 Å². The summed E-state index contributed by atoms with van der Waals surface area (Å²) >= 11 is 6.05. The SMILES string of the molecule is COc1ccc([C@H]2C3=C(C[C@@H](c4ccc(Cl)cc4)CC3=O)Nc3onc(C)c32)cc1OC. The largest absolute Gasteiger partial charge is 0.493 e. The van der Waals surface area contributed by atoms with Gasteiger partial charge in [-0.1, -0.05) is 35.0 Å². The Morgan fingerprint density at radius 1 is 1.03 bits per heavy atom. The second-order valence-electron chi connectivity index (χ2n) is 8.16. The molecule has 32 heavy (non-hydrogen) atoms. The maximum Gasteiger partial charge on any atom is 0.233 e. The molecular weight excluding hydrogens is 428 g/mol. The Labute approximate surface area is 191 Å². The van der Waals surface area contributed by atoms with E-state index in [1.807, 2.05) is 49.4 Å². The molecule has 6 nitrogen and oxygen atoms in total. The van der Waals surface area contributed by atoms with Gasteiger partial charge in [0.2, 0.25) is 5.88 Å². The zero-order chi connectivity index (χ0) is 22.4. The number of hydrogen-bond donors (Lipinski definition) is 1. The first-order chi connectivity index (χ1) is 15.5. The Balaban J connectivity index is 1.62. The maximum atomic E-state index is 13.6. The van der Waals surface area contributed by atoms with Gasteiger partial charge in [0.05, 0.1) is 25.5 Å². The highest BCUT2D eigenvalue weighted by atomic mass is 35.5. The molecule has 2 aliphatic rings. The summed E-state index contributed by atoms with van der Waals surface area (Å²) in [5.41, 5.74) is 5.31. The summed E-state index contributed by atoms with van der Waals surface area (Å²) in [4.78, 5) is 13.6. The number of nitrogens with one attached hydrogen (secondary N) is 1. The van der Waals surface area contributed by atoms with Gasteiger partial charge in [0, 0.05) is 28.6 Å². The number of aryl methyl sites for hydroxylation is 1. The lowest BCUT2D eigenvalue weighted by Gasteiger charge is -2.34. The van der Waals surface area contributed by atoms with Crippen LogP contribution >= 0.6 is 11.6 Å². The van der Waals surface area contributed by atoms with E-state index in [1.54, 1.807) is 14.2 Å². The summed E-state index contributed by atoms with van der Waals surface area (Å²) in [7, 11) is 3.21. The summed E-state index contributed by atoms with van der Waals surface area (Å²) in [6, 6.07) is 13.5. The van der Waals surface area contributed by atoms with Crippen molar-refractivity contribution in [3.63, 3.8) is 0 Å². The van der Waals surface area contributed by atoms with Crippen LogP contribution < -0.4 is 14.8 Å². The number of Topliss-reactive ketones (excluding diaryl/α,β-unsaturated/α-hetero) is 1. The molecule has 1 aromatic heterocycles. The minimum absolute atomic E-state index is 0.0719. The van der Waals surface area contributed by atoms with Crippen molar-refractivity contribution in [1.82, 2.24) is 5.16 Å². The minimum Gasteiger partial charge on any atom is -0.493 e. The third-order valence-corrected chi connectivity index (χ3v) is 6.59. The molecule has 0 spiro atoms. The molecule has 2 atom stereocenters. The molecule has 0 saturated carbocycles. The van der Waals surface area contributed by atoms with Crippen molar-refractivity contribution < 1.29 is 18.8 Å². The van der Waals surface area contributed by atoms with Gasteiger partial charge in [0.1, 0.15) is 0 Å². The number of halogens is 1. The highest BCUT2D eigenvalue weighted by molar-refractivity contribution is 6.30. The number of hydrogen-bond acceptors (Lipinski definition) is 6. The number of carbonyl (C=O) groups is 1. The van der Waals surface area contributed by atoms with Gasteiger partial charge in [-0.2, -0.15) is 0 Å². The second-order valence-corrected chi connectivity index (χ2v) is 8.59. The average Bonchev–Trinajstić information content (AvgIpc) is 3.17. The van der Waals surface area contributed by atoms with E-state index in [2.05, 4.69) is 10.5 Å². The molecular formula is C25H23ClN2O4. The quantitative estimate of drug-likeness (QED) is 0.556. The van der Waals surface area contributed by atoms with Crippen molar-refractivity contribution in [2.24, 2.45) is 0 Å². The van der Waals surface area contributed by atoms with Crippen LogP contribution in [0.4, 0.5) is 5.88 Å². The maximum absolute atomic E-state index is 13.6. The van der Waals surface area contributed by atoms with Gasteiger partial charge in [-0.15, -0.1) is 0 Å². The molecule has 0 radical (unpaired) electrons. The Kier molecular flexibility index (Phi) is 5.18. The topological polar surface area (TPSA) is 73.6 Å². The number of anilines is 1. The van der Waals surface area contributed by atoms with Crippen LogP contribution in [0, 0.1) is 6.92 Å². The predicted octanol–water partition coefficient (Wildman–Crippen LogP) is 5.61. The number of rotatable bonds is 4. The zero-order valence-electron chi connectivity index (χ0n) is 18.1.